The molecule has 0 bridgehead atoms. The number of hydrogen-bond acceptors (Lipinski definition) is 3. The first-order chi connectivity index (χ1) is 15.7. The summed E-state index contributed by atoms with van der Waals surface area (Å²) in [6.07, 6.45) is 0. The second-order valence-corrected chi connectivity index (χ2v) is 8.48. The molecule has 0 spiro atoms. The summed E-state index contributed by atoms with van der Waals surface area (Å²) in [5.41, 5.74) is 1.07. The third kappa shape index (κ3) is 7.00. The number of furan rings is 1. The van der Waals surface area contributed by atoms with Gasteiger partial charge in [0, 0.05) is 18.7 Å². The van der Waals surface area contributed by atoms with Crippen LogP contribution in [0.5, 0.6) is 0 Å². The SMILES string of the molecule is Cc1ccc(CN(Cc2ccc(F)cc2)C(=O)CN(CC(C)C)C(=O)c2ccc(F)cc2)o1. The lowest BCUT2D eigenvalue weighted by Gasteiger charge is -2.28. The summed E-state index contributed by atoms with van der Waals surface area (Å²) in [6, 6.07) is 14.8. The molecule has 174 valence electrons. The molecular formula is C26H28F2N2O3. The first-order valence-corrected chi connectivity index (χ1v) is 10.8. The van der Waals surface area contributed by atoms with Crippen molar-refractivity contribution in [1.29, 1.82) is 0 Å². The average Bonchev–Trinajstić information content (AvgIpc) is 3.18. The number of aryl methyl sites for hydroxylation is 1. The Bertz CT molecular complexity index is 1080. The minimum atomic E-state index is -0.433. The first kappa shape index (κ1) is 24.2. The number of hydrogen-bond donors (Lipinski definition) is 0. The molecule has 5 nitrogen and oxygen atoms in total. The van der Waals surface area contributed by atoms with Crippen molar-refractivity contribution in [1.82, 2.24) is 9.80 Å². The van der Waals surface area contributed by atoms with Crippen LogP contribution >= 0.6 is 0 Å². The zero-order chi connectivity index (χ0) is 24.0. The molecule has 0 N–H and O–H groups in total. The number of carbonyl (C=O) groups excluding carboxylic acids is 2. The third-order valence-electron chi connectivity index (χ3n) is 5.07. The molecule has 0 atom stereocenters. The van der Waals surface area contributed by atoms with Crippen LogP contribution in [0.4, 0.5) is 8.78 Å². The van der Waals surface area contributed by atoms with Crippen LogP contribution in [-0.2, 0) is 17.9 Å². The van der Waals surface area contributed by atoms with Crippen molar-refractivity contribution in [3.05, 3.63) is 94.9 Å². The van der Waals surface area contributed by atoms with Crippen molar-refractivity contribution in [2.75, 3.05) is 13.1 Å². The molecule has 0 aliphatic carbocycles. The molecule has 0 saturated heterocycles. The Kier molecular flexibility index (Phi) is 7.98. The summed E-state index contributed by atoms with van der Waals surface area (Å²) in [5, 5.41) is 0. The number of halogens is 2. The van der Waals surface area contributed by atoms with Gasteiger partial charge in [-0.15, -0.1) is 0 Å². The van der Waals surface area contributed by atoms with Crippen LogP contribution in [0.2, 0.25) is 0 Å². The maximum absolute atomic E-state index is 13.4. The van der Waals surface area contributed by atoms with Crippen molar-refractivity contribution in [2.45, 2.75) is 33.9 Å². The van der Waals surface area contributed by atoms with E-state index in [2.05, 4.69) is 0 Å². The fraction of sp³-hybridized carbons (Fsp3) is 0.308. The lowest BCUT2D eigenvalue weighted by atomic mass is 10.1. The highest BCUT2D eigenvalue weighted by Crippen LogP contribution is 2.16. The van der Waals surface area contributed by atoms with E-state index in [1.165, 1.54) is 41.3 Å². The zero-order valence-corrected chi connectivity index (χ0v) is 19.1. The molecule has 0 aliphatic rings. The minimum Gasteiger partial charge on any atom is -0.464 e. The smallest absolute Gasteiger partial charge is 0.254 e. The van der Waals surface area contributed by atoms with Crippen LogP contribution in [0.15, 0.2) is 65.1 Å². The highest BCUT2D eigenvalue weighted by molar-refractivity contribution is 5.96. The van der Waals surface area contributed by atoms with Gasteiger partial charge in [0.25, 0.3) is 5.91 Å². The zero-order valence-electron chi connectivity index (χ0n) is 19.1. The summed E-state index contributed by atoms with van der Waals surface area (Å²) in [4.78, 5) is 29.5. The number of benzene rings is 2. The number of carbonyl (C=O) groups is 2. The molecule has 0 fully saturated rings. The van der Waals surface area contributed by atoms with E-state index in [9.17, 15) is 18.4 Å². The molecule has 2 amide bonds. The van der Waals surface area contributed by atoms with E-state index < -0.39 is 5.82 Å². The number of rotatable bonds is 9. The van der Waals surface area contributed by atoms with Gasteiger partial charge in [-0.1, -0.05) is 26.0 Å². The molecular weight excluding hydrogens is 426 g/mol. The van der Waals surface area contributed by atoms with Gasteiger partial charge in [0.05, 0.1) is 6.54 Å². The van der Waals surface area contributed by atoms with Gasteiger partial charge >= 0.3 is 0 Å². The van der Waals surface area contributed by atoms with E-state index in [0.717, 1.165) is 11.3 Å². The van der Waals surface area contributed by atoms with E-state index in [4.69, 9.17) is 4.42 Å². The second-order valence-electron chi connectivity index (χ2n) is 8.48. The molecule has 33 heavy (non-hydrogen) atoms. The van der Waals surface area contributed by atoms with E-state index in [0.29, 0.717) is 17.9 Å². The van der Waals surface area contributed by atoms with Crippen molar-refractivity contribution in [2.24, 2.45) is 5.92 Å². The second kappa shape index (κ2) is 10.9. The molecule has 0 saturated carbocycles. The van der Waals surface area contributed by atoms with E-state index in [1.54, 1.807) is 23.1 Å². The fourth-order valence-corrected chi connectivity index (χ4v) is 3.50. The summed E-state index contributed by atoms with van der Waals surface area (Å²) in [5.74, 6) is 0.0662. The van der Waals surface area contributed by atoms with E-state index >= 15 is 0 Å². The van der Waals surface area contributed by atoms with Crippen LogP contribution in [0, 0.1) is 24.5 Å². The third-order valence-corrected chi connectivity index (χ3v) is 5.07. The first-order valence-electron chi connectivity index (χ1n) is 10.8. The Labute approximate surface area is 192 Å². The summed E-state index contributed by atoms with van der Waals surface area (Å²) in [6.45, 7) is 6.40. The molecule has 3 aromatic rings. The van der Waals surface area contributed by atoms with Gasteiger partial charge in [0.15, 0.2) is 0 Å². The van der Waals surface area contributed by atoms with Crippen LogP contribution < -0.4 is 0 Å². The summed E-state index contributed by atoms with van der Waals surface area (Å²) >= 11 is 0. The molecule has 0 aliphatic heterocycles. The lowest BCUT2D eigenvalue weighted by molar-refractivity contribution is -0.133. The Morgan fingerprint density at radius 3 is 2.00 bits per heavy atom. The van der Waals surface area contributed by atoms with Gasteiger partial charge in [0.1, 0.15) is 29.7 Å². The monoisotopic (exact) mass is 454 g/mol. The topological polar surface area (TPSA) is 53.8 Å². The summed E-state index contributed by atoms with van der Waals surface area (Å²) in [7, 11) is 0. The van der Waals surface area contributed by atoms with Gasteiger partial charge in [-0.25, -0.2) is 8.78 Å². The van der Waals surface area contributed by atoms with Gasteiger partial charge in [-0.3, -0.25) is 9.59 Å². The van der Waals surface area contributed by atoms with Crippen molar-refractivity contribution in [3.8, 4) is 0 Å². The minimum absolute atomic E-state index is 0.125. The molecule has 3 rings (SSSR count). The van der Waals surface area contributed by atoms with Gasteiger partial charge in [0.2, 0.25) is 5.91 Å². The highest BCUT2D eigenvalue weighted by Gasteiger charge is 2.24. The van der Waals surface area contributed by atoms with Gasteiger partial charge in [-0.2, -0.15) is 0 Å². The van der Waals surface area contributed by atoms with Crippen molar-refractivity contribution < 1.29 is 22.8 Å². The van der Waals surface area contributed by atoms with Gasteiger partial charge < -0.3 is 14.2 Å². The highest BCUT2D eigenvalue weighted by atomic mass is 19.1. The van der Waals surface area contributed by atoms with Crippen LogP contribution in [0.3, 0.4) is 0 Å². The normalized spacial score (nSPS) is 11.0. The number of amides is 2. The standard InChI is InChI=1S/C26H28F2N2O3/c1-18(2)14-30(26(32)21-7-11-23(28)12-8-21)17-25(31)29(16-24-13-4-19(3)33-24)15-20-5-9-22(27)10-6-20/h4-13,18H,14-17H2,1-3H3. The van der Waals surface area contributed by atoms with Crippen molar-refractivity contribution >= 4 is 11.8 Å². The maximum atomic E-state index is 13.4. The van der Waals surface area contributed by atoms with Crippen LogP contribution in [0.1, 0.15) is 41.3 Å². The predicted molar refractivity (Wildman–Crippen MR) is 121 cm³/mol. The Morgan fingerprint density at radius 2 is 1.45 bits per heavy atom. The molecule has 1 aromatic heterocycles. The molecule has 7 heteroatoms. The van der Waals surface area contributed by atoms with Crippen molar-refractivity contribution in [3.63, 3.8) is 0 Å². The van der Waals surface area contributed by atoms with Crippen LogP contribution in [-0.4, -0.2) is 34.7 Å². The van der Waals surface area contributed by atoms with Gasteiger partial charge in [-0.05, 0) is 66.9 Å². The molecule has 2 aromatic carbocycles. The average molecular weight is 455 g/mol. The fourth-order valence-electron chi connectivity index (χ4n) is 3.50. The molecule has 0 unspecified atom stereocenters. The Balaban J connectivity index is 1.82. The lowest BCUT2D eigenvalue weighted by Crippen LogP contribution is -2.43. The number of nitrogens with zero attached hydrogens (tertiary/aromatic N) is 2. The summed E-state index contributed by atoms with van der Waals surface area (Å²) < 4.78 is 32.3. The maximum Gasteiger partial charge on any atom is 0.254 e. The van der Waals surface area contributed by atoms with E-state index in [1.807, 2.05) is 26.8 Å². The Morgan fingerprint density at radius 1 is 0.848 bits per heavy atom. The quantitative estimate of drug-likeness (QED) is 0.447. The predicted octanol–water partition coefficient (Wildman–Crippen LogP) is 5.19. The van der Waals surface area contributed by atoms with E-state index in [-0.39, 0.29) is 43.2 Å². The van der Waals surface area contributed by atoms with Crippen LogP contribution in [0.25, 0.3) is 0 Å². The Hall–Kier alpha value is -3.48. The molecule has 0 radical (unpaired) electrons. The molecule has 1 heterocycles. The largest absolute Gasteiger partial charge is 0.464 e.